The molecular weight excluding hydrogens is 388 g/mol. The quantitative estimate of drug-likeness (QED) is 0.527. The molecule has 1 aliphatic rings. The van der Waals surface area contributed by atoms with Crippen LogP contribution < -0.4 is 10.1 Å². The van der Waals surface area contributed by atoms with E-state index in [1.807, 2.05) is 0 Å². The number of anilines is 1. The second-order valence-corrected chi connectivity index (χ2v) is 6.96. The summed E-state index contributed by atoms with van der Waals surface area (Å²) in [6.07, 6.45) is 0. The Morgan fingerprint density at radius 1 is 1.17 bits per heavy atom. The molecule has 1 fully saturated rings. The molecule has 0 radical (unpaired) electrons. The molecule has 0 aliphatic carbocycles. The van der Waals surface area contributed by atoms with Crippen molar-refractivity contribution in [3.8, 4) is 5.75 Å². The van der Waals surface area contributed by atoms with E-state index in [-0.39, 0.29) is 11.7 Å². The van der Waals surface area contributed by atoms with Crippen molar-refractivity contribution in [3.63, 3.8) is 0 Å². The number of nitrogens with zero attached hydrogens (tertiary/aromatic N) is 3. The van der Waals surface area contributed by atoms with E-state index >= 15 is 0 Å². The normalized spacial score (nSPS) is 14.2. The van der Waals surface area contributed by atoms with Crippen molar-refractivity contribution in [1.29, 1.82) is 0 Å². The Hall–Kier alpha value is -3.17. The average molecular weight is 414 g/mol. The fourth-order valence-corrected chi connectivity index (χ4v) is 3.16. The number of nitrogens with one attached hydrogen (secondary N) is 1. The van der Waals surface area contributed by atoms with Crippen LogP contribution in [0.2, 0.25) is 0 Å². The molecule has 0 spiro atoms. The highest BCUT2D eigenvalue weighted by Gasteiger charge is 2.18. The van der Waals surface area contributed by atoms with Crippen molar-refractivity contribution in [2.45, 2.75) is 6.54 Å². The van der Waals surface area contributed by atoms with Crippen LogP contribution in [0.4, 0.5) is 16.2 Å². The Bertz CT molecular complexity index is 835. The zero-order valence-corrected chi connectivity index (χ0v) is 17.0. The summed E-state index contributed by atoms with van der Waals surface area (Å²) >= 11 is 0. The minimum absolute atomic E-state index is 0.0290. The highest BCUT2D eigenvalue weighted by atomic mass is 16.6. The summed E-state index contributed by atoms with van der Waals surface area (Å²) < 4.78 is 10.5. The molecule has 0 aromatic heterocycles. The van der Waals surface area contributed by atoms with Gasteiger partial charge in [0.05, 0.1) is 25.2 Å². The molecule has 0 saturated carbocycles. The smallest absolute Gasteiger partial charge is 0.322 e. The number of carbonyl (C=O) groups is 1. The first kappa shape index (κ1) is 21.5. The molecule has 30 heavy (non-hydrogen) atoms. The topological polar surface area (TPSA) is 97.2 Å². The molecule has 0 bridgehead atoms. The van der Waals surface area contributed by atoms with Gasteiger partial charge in [0.2, 0.25) is 0 Å². The summed E-state index contributed by atoms with van der Waals surface area (Å²) in [4.78, 5) is 27.4. The van der Waals surface area contributed by atoms with Crippen molar-refractivity contribution in [2.24, 2.45) is 0 Å². The summed E-state index contributed by atoms with van der Waals surface area (Å²) in [6.45, 7) is 4.67. The standard InChI is InChI=1S/C21H26N4O5/c1-29-20-8-4-18(5-9-20)22-21(26)24(11-10-23-12-14-30-15-13-23)16-17-2-6-19(7-3-17)25(27)28/h2-9H,10-16H2,1H3,(H,22,26). The van der Waals surface area contributed by atoms with Crippen molar-refractivity contribution in [2.75, 3.05) is 51.8 Å². The second-order valence-electron chi connectivity index (χ2n) is 6.96. The minimum atomic E-state index is -0.434. The predicted octanol–water partition coefficient (Wildman–Crippen LogP) is 2.97. The molecule has 1 heterocycles. The number of morpholine rings is 1. The largest absolute Gasteiger partial charge is 0.497 e. The Morgan fingerprint density at radius 3 is 2.43 bits per heavy atom. The molecule has 9 heteroatoms. The van der Waals surface area contributed by atoms with Crippen molar-refractivity contribution < 1.29 is 19.2 Å². The minimum Gasteiger partial charge on any atom is -0.497 e. The lowest BCUT2D eigenvalue weighted by molar-refractivity contribution is -0.384. The van der Waals surface area contributed by atoms with E-state index in [0.29, 0.717) is 37.7 Å². The number of methoxy groups -OCH3 is 1. The molecule has 2 aromatic rings. The van der Waals surface area contributed by atoms with Crippen LogP contribution in [0.15, 0.2) is 48.5 Å². The van der Waals surface area contributed by atoms with Gasteiger partial charge in [-0.1, -0.05) is 12.1 Å². The average Bonchev–Trinajstić information content (AvgIpc) is 2.78. The number of hydrogen-bond donors (Lipinski definition) is 1. The summed E-state index contributed by atoms with van der Waals surface area (Å²) in [7, 11) is 1.59. The maximum absolute atomic E-state index is 13.0. The first-order valence-corrected chi connectivity index (χ1v) is 9.78. The molecule has 9 nitrogen and oxygen atoms in total. The summed E-state index contributed by atoms with van der Waals surface area (Å²) in [5.74, 6) is 0.711. The van der Waals surface area contributed by atoms with Crippen LogP contribution in [0.5, 0.6) is 5.75 Å². The lowest BCUT2D eigenvalue weighted by Gasteiger charge is -2.30. The van der Waals surface area contributed by atoms with Crippen molar-refractivity contribution >= 4 is 17.4 Å². The van der Waals surface area contributed by atoms with Gasteiger partial charge in [0.25, 0.3) is 5.69 Å². The third-order valence-corrected chi connectivity index (χ3v) is 4.94. The van der Waals surface area contributed by atoms with Gasteiger partial charge in [-0.3, -0.25) is 15.0 Å². The highest BCUT2D eigenvalue weighted by Crippen LogP contribution is 2.17. The van der Waals surface area contributed by atoms with E-state index in [1.165, 1.54) is 12.1 Å². The Morgan fingerprint density at radius 2 is 1.83 bits per heavy atom. The number of ether oxygens (including phenoxy) is 2. The van der Waals surface area contributed by atoms with Crippen molar-refractivity contribution in [1.82, 2.24) is 9.80 Å². The van der Waals surface area contributed by atoms with Gasteiger partial charge in [-0.25, -0.2) is 4.79 Å². The molecule has 2 aromatic carbocycles. The molecule has 0 atom stereocenters. The zero-order chi connectivity index (χ0) is 21.3. The zero-order valence-electron chi connectivity index (χ0n) is 17.0. The number of rotatable bonds is 8. The van der Waals surface area contributed by atoms with Crippen LogP contribution in [0.25, 0.3) is 0 Å². The van der Waals surface area contributed by atoms with Crippen LogP contribution in [-0.2, 0) is 11.3 Å². The van der Waals surface area contributed by atoms with E-state index < -0.39 is 4.92 Å². The van der Waals surface area contributed by atoms with E-state index in [1.54, 1.807) is 48.4 Å². The Balaban J connectivity index is 1.67. The van der Waals surface area contributed by atoms with Gasteiger partial charge in [-0.05, 0) is 29.8 Å². The van der Waals surface area contributed by atoms with Crippen LogP contribution >= 0.6 is 0 Å². The third kappa shape index (κ3) is 6.16. The lowest BCUT2D eigenvalue weighted by Crippen LogP contribution is -2.44. The Labute approximate surface area is 175 Å². The summed E-state index contributed by atoms with van der Waals surface area (Å²) in [6, 6.07) is 13.2. The fourth-order valence-electron chi connectivity index (χ4n) is 3.16. The molecule has 160 valence electrons. The number of hydrogen-bond acceptors (Lipinski definition) is 6. The van der Waals surface area contributed by atoms with Gasteiger partial charge in [0.1, 0.15) is 5.75 Å². The number of benzene rings is 2. The van der Waals surface area contributed by atoms with Gasteiger partial charge in [-0.15, -0.1) is 0 Å². The second kappa shape index (κ2) is 10.6. The summed E-state index contributed by atoms with van der Waals surface area (Å²) in [5.41, 5.74) is 1.52. The number of nitro groups is 1. The first-order valence-electron chi connectivity index (χ1n) is 9.78. The van der Waals surface area contributed by atoms with Crippen molar-refractivity contribution in [3.05, 3.63) is 64.2 Å². The first-order chi connectivity index (χ1) is 14.5. The van der Waals surface area contributed by atoms with Crippen LogP contribution in [0.3, 0.4) is 0 Å². The maximum Gasteiger partial charge on any atom is 0.322 e. The lowest BCUT2D eigenvalue weighted by atomic mass is 10.2. The molecule has 1 N–H and O–H groups in total. The van der Waals surface area contributed by atoms with Gasteiger partial charge in [0, 0.05) is 50.5 Å². The van der Waals surface area contributed by atoms with Gasteiger partial charge < -0.3 is 19.7 Å². The summed E-state index contributed by atoms with van der Waals surface area (Å²) in [5, 5.41) is 13.8. The highest BCUT2D eigenvalue weighted by molar-refractivity contribution is 5.89. The van der Waals surface area contributed by atoms with Gasteiger partial charge >= 0.3 is 6.03 Å². The maximum atomic E-state index is 13.0. The molecule has 2 amide bonds. The molecule has 1 saturated heterocycles. The number of urea groups is 1. The third-order valence-electron chi connectivity index (χ3n) is 4.94. The SMILES string of the molecule is COc1ccc(NC(=O)N(CCN2CCOCC2)Cc2ccc([N+](=O)[O-])cc2)cc1. The molecule has 0 unspecified atom stereocenters. The van der Waals surface area contributed by atoms with Gasteiger partial charge in [0.15, 0.2) is 0 Å². The van der Waals surface area contributed by atoms with Crippen LogP contribution in [0, 0.1) is 10.1 Å². The Kier molecular flexibility index (Phi) is 7.58. The number of non-ortho nitro benzene ring substituents is 1. The fraction of sp³-hybridized carbons (Fsp3) is 0.381. The monoisotopic (exact) mass is 414 g/mol. The van der Waals surface area contributed by atoms with E-state index in [0.717, 1.165) is 25.2 Å². The molecule has 1 aliphatic heterocycles. The van der Waals surface area contributed by atoms with E-state index in [4.69, 9.17) is 9.47 Å². The van der Waals surface area contributed by atoms with E-state index in [9.17, 15) is 14.9 Å². The number of amides is 2. The number of carbonyl (C=O) groups excluding carboxylic acids is 1. The van der Waals surface area contributed by atoms with Crippen LogP contribution in [0.1, 0.15) is 5.56 Å². The van der Waals surface area contributed by atoms with Gasteiger partial charge in [-0.2, -0.15) is 0 Å². The van der Waals surface area contributed by atoms with E-state index in [2.05, 4.69) is 10.2 Å². The number of nitro benzene ring substituents is 1. The molecule has 3 rings (SSSR count). The molecular formula is C21H26N4O5. The predicted molar refractivity (Wildman–Crippen MR) is 113 cm³/mol. The van der Waals surface area contributed by atoms with Crippen LogP contribution in [-0.4, -0.2) is 67.3 Å².